The van der Waals surface area contributed by atoms with Gasteiger partial charge in [-0.05, 0) is 23.3 Å². The van der Waals surface area contributed by atoms with Crippen LogP contribution in [0, 0.1) is 0 Å². The highest BCUT2D eigenvalue weighted by Crippen LogP contribution is 2.70. The Morgan fingerprint density at radius 2 is 1.48 bits per heavy atom. The summed E-state index contributed by atoms with van der Waals surface area (Å²) in [6.45, 7) is 1.38. The maximum Gasteiger partial charge on any atom is 0.308 e. The molecule has 0 aliphatic heterocycles. The van der Waals surface area contributed by atoms with Crippen LogP contribution in [0.25, 0.3) is 0 Å². The molecule has 4 heteroatoms. The molecule has 0 aromatic heterocycles. The van der Waals surface area contributed by atoms with Gasteiger partial charge in [0.25, 0.3) is 0 Å². The Kier molecular flexibility index (Phi) is 3.68. The summed E-state index contributed by atoms with van der Waals surface area (Å²) in [5.41, 5.74) is 2.18. The molecule has 0 amide bonds. The summed E-state index contributed by atoms with van der Waals surface area (Å²) in [5, 5.41) is 0. The molecule has 1 aliphatic carbocycles. The van der Waals surface area contributed by atoms with Gasteiger partial charge in [0.2, 0.25) is 0 Å². The van der Waals surface area contributed by atoms with Crippen molar-refractivity contribution in [3.8, 4) is 5.75 Å². The second-order valence-electron chi connectivity index (χ2n) is 5.20. The van der Waals surface area contributed by atoms with E-state index in [9.17, 15) is 4.79 Å². The first-order chi connectivity index (χ1) is 10.00. The van der Waals surface area contributed by atoms with Crippen molar-refractivity contribution >= 4 is 29.2 Å². The maximum atomic E-state index is 10.9. The number of halogens is 2. The number of alkyl halides is 2. The van der Waals surface area contributed by atoms with E-state index in [1.165, 1.54) is 6.92 Å². The van der Waals surface area contributed by atoms with E-state index < -0.39 is 4.33 Å². The minimum atomic E-state index is -0.787. The Morgan fingerprint density at radius 1 is 0.952 bits per heavy atom. The van der Waals surface area contributed by atoms with Crippen LogP contribution >= 0.6 is 23.2 Å². The number of esters is 1. The number of carbonyl (C=O) groups excluding carboxylic acids is 1. The van der Waals surface area contributed by atoms with Crippen LogP contribution in [0.4, 0.5) is 0 Å². The number of hydrogen-bond acceptors (Lipinski definition) is 2. The predicted molar refractivity (Wildman–Crippen MR) is 84.1 cm³/mol. The van der Waals surface area contributed by atoms with Crippen molar-refractivity contribution in [3.05, 3.63) is 65.7 Å². The van der Waals surface area contributed by atoms with Crippen LogP contribution in [-0.2, 0) is 4.79 Å². The van der Waals surface area contributed by atoms with Crippen LogP contribution in [0.3, 0.4) is 0 Å². The van der Waals surface area contributed by atoms with Crippen LogP contribution in [-0.4, -0.2) is 10.3 Å². The van der Waals surface area contributed by atoms with Crippen LogP contribution in [0.15, 0.2) is 54.6 Å². The van der Waals surface area contributed by atoms with Crippen molar-refractivity contribution < 1.29 is 9.53 Å². The third-order valence-electron chi connectivity index (χ3n) is 3.71. The summed E-state index contributed by atoms with van der Waals surface area (Å²) in [7, 11) is 0. The highest BCUT2D eigenvalue weighted by Gasteiger charge is 2.64. The van der Waals surface area contributed by atoms with Gasteiger partial charge in [0.05, 0.1) is 0 Å². The molecule has 2 atom stereocenters. The summed E-state index contributed by atoms with van der Waals surface area (Å²) >= 11 is 12.9. The molecule has 1 aliphatic rings. The molecule has 0 radical (unpaired) electrons. The van der Waals surface area contributed by atoms with Gasteiger partial charge >= 0.3 is 5.97 Å². The normalized spacial score (nSPS) is 22.6. The van der Waals surface area contributed by atoms with Crippen LogP contribution in [0.2, 0.25) is 0 Å². The minimum absolute atomic E-state index is 0.0506. The van der Waals surface area contributed by atoms with Crippen molar-refractivity contribution in [2.24, 2.45) is 0 Å². The van der Waals surface area contributed by atoms with Gasteiger partial charge in [-0.15, -0.1) is 23.2 Å². The topological polar surface area (TPSA) is 26.3 Å². The number of benzene rings is 2. The van der Waals surface area contributed by atoms with Crippen LogP contribution in [0.1, 0.15) is 29.9 Å². The molecule has 21 heavy (non-hydrogen) atoms. The summed E-state index contributed by atoms with van der Waals surface area (Å²) in [6.07, 6.45) is 0. The maximum absolute atomic E-state index is 10.9. The minimum Gasteiger partial charge on any atom is -0.427 e. The molecule has 0 N–H and O–H groups in total. The fraction of sp³-hybridized carbons (Fsp3) is 0.235. The molecule has 1 saturated carbocycles. The van der Waals surface area contributed by atoms with E-state index in [2.05, 4.69) is 0 Å². The van der Waals surface area contributed by atoms with Gasteiger partial charge in [-0.3, -0.25) is 4.79 Å². The Labute approximate surface area is 133 Å². The van der Waals surface area contributed by atoms with E-state index in [0.29, 0.717) is 5.75 Å². The Bertz CT molecular complexity index is 650. The fourth-order valence-corrected chi connectivity index (χ4v) is 3.61. The van der Waals surface area contributed by atoms with Crippen LogP contribution < -0.4 is 4.74 Å². The molecule has 2 aromatic carbocycles. The first-order valence-electron chi connectivity index (χ1n) is 6.71. The molecular formula is C17H14Cl2O2. The summed E-state index contributed by atoms with van der Waals surface area (Å²) in [6, 6.07) is 17.4. The van der Waals surface area contributed by atoms with E-state index in [1.807, 2.05) is 42.5 Å². The number of rotatable bonds is 3. The highest BCUT2D eigenvalue weighted by atomic mass is 35.5. The third-order valence-corrected chi connectivity index (χ3v) is 4.65. The Balaban J connectivity index is 1.83. The van der Waals surface area contributed by atoms with Gasteiger partial charge in [0, 0.05) is 18.8 Å². The lowest BCUT2D eigenvalue weighted by molar-refractivity contribution is -0.131. The van der Waals surface area contributed by atoms with Gasteiger partial charge in [0.1, 0.15) is 10.1 Å². The number of ether oxygens (including phenoxy) is 1. The van der Waals surface area contributed by atoms with Crippen LogP contribution in [0.5, 0.6) is 5.75 Å². The first-order valence-corrected chi connectivity index (χ1v) is 7.47. The lowest BCUT2D eigenvalue weighted by atomic mass is 10.0. The molecule has 2 aromatic rings. The van der Waals surface area contributed by atoms with Crippen molar-refractivity contribution in [1.29, 1.82) is 0 Å². The Hall–Kier alpha value is -1.51. The highest BCUT2D eigenvalue weighted by molar-refractivity contribution is 6.52. The molecule has 0 saturated heterocycles. The molecule has 0 heterocycles. The zero-order chi connectivity index (χ0) is 15.0. The predicted octanol–water partition coefficient (Wildman–Crippen LogP) is 4.67. The van der Waals surface area contributed by atoms with Crippen molar-refractivity contribution in [3.63, 3.8) is 0 Å². The van der Waals surface area contributed by atoms with Crippen molar-refractivity contribution in [1.82, 2.24) is 0 Å². The largest absolute Gasteiger partial charge is 0.427 e. The van der Waals surface area contributed by atoms with Crippen molar-refractivity contribution in [2.45, 2.75) is 23.1 Å². The Morgan fingerprint density at radius 3 is 2.00 bits per heavy atom. The van der Waals surface area contributed by atoms with Crippen molar-refractivity contribution in [2.75, 3.05) is 0 Å². The SMILES string of the molecule is CC(=O)Oc1ccc([C@@H]2[C@@H](c3ccccc3)C2(Cl)Cl)cc1. The molecule has 0 bridgehead atoms. The van der Waals surface area contributed by atoms with E-state index in [4.69, 9.17) is 27.9 Å². The van der Waals surface area contributed by atoms with Gasteiger partial charge < -0.3 is 4.74 Å². The molecule has 2 nitrogen and oxygen atoms in total. The van der Waals surface area contributed by atoms with E-state index in [0.717, 1.165) is 11.1 Å². The number of carbonyl (C=O) groups is 1. The summed E-state index contributed by atoms with van der Waals surface area (Å²) in [5.74, 6) is 0.328. The van der Waals surface area contributed by atoms with Gasteiger partial charge in [-0.1, -0.05) is 42.5 Å². The number of hydrogen-bond donors (Lipinski definition) is 0. The molecule has 3 rings (SSSR count). The van der Waals surface area contributed by atoms with E-state index in [-0.39, 0.29) is 17.8 Å². The lowest BCUT2D eigenvalue weighted by Gasteiger charge is -2.04. The third kappa shape index (κ3) is 2.78. The second-order valence-corrected chi connectivity index (χ2v) is 6.65. The molecular weight excluding hydrogens is 307 g/mol. The monoisotopic (exact) mass is 320 g/mol. The smallest absolute Gasteiger partial charge is 0.308 e. The molecule has 0 unspecified atom stereocenters. The lowest BCUT2D eigenvalue weighted by Crippen LogP contribution is -2.01. The fourth-order valence-electron chi connectivity index (χ4n) is 2.73. The van der Waals surface area contributed by atoms with E-state index >= 15 is 0 Å². The molecule has 108 valence electrons. The van der Waals surface area contributed by atoms with Gasteiger partial charge in [-0.25, -0.2) is 0 Å². The van der Waals surface area contributed by atoms with Gasteiger partial charge in [-0.2, -0.15) is 0 Å². The average Bonchev–Trinajstić information content (AvgIpc) is 3.03. The quantitative estimate of drug-likeness (QED) is 0.467. The zero-order valence-corrected chi connectivity index (χ0v) is 12.9. The van der Waals surface area contributed by atoms with Gasteiger partial charge in [0.15, 0.2) is 0 Å². The zero-order valence-electron chi connectivity index (χ0n) is 11.4. The first kappa shape index (κ1) is 14.4. The average molecular weight is 321 g/mol. The molecule has 1 fully saturated rings. The summed E-state index contributed by atoms with van der Waals surface area (Å²) in [4.78, 5) is 10.9. The molecule has 0 spiro atoms. The van der Waals surface area contributed by atoms with E-state index in [1.54, 1.807) is 12.1 Å². The summed E-state index contributed by atoms with van der Waals surface area (Å²) < 4.78 is 4.24. The second kappa shape index (κ2) is 5.36. The standard InChI is InChI=1S/C17H14Cl2O2/c1-11(20)21-14-9-7-13(8-10-14)16-15(17(16,18)19)12-5-3-2-4-6-12/h2-10,15-16H,1H3/t15-,16-/m1/s1.